The van der Waals surface area contributed by atoms with Gasteiger partial charge in [0.05, 0.1) is 0 Å². The van der Waals surface area contributed by atoms with Crippen LogP contribution in [0.1, 0.15) is 184 Å². The molecule has 0 unspecified atom stereocenters. The zero-order valence-corrected chi connectivity index (χ0v) is 41.0. The van der Waals surface area contributed by atoms with Crippen molar-refractivity contribution in [1.29, 1.82) is 0 Å². The fourth-order valence-corrected chi connectivity index (χ4v) is 8.56. The van der Waals surface area contributed by atoms with Gasteiger partial charge in [-0.2, -0.15) is 0 Å². The summed E-state index contributed by atoms with van der Waals surface area (Å²) in [6.45, 7) is 47.9. The van der Waals surface area contributed by atoms with Crippen LogP contribution >= 0.6 is 8.60 Å². The molecule has 3 nitrogen and oxygen atoms in total. The molecule has 314 valence electrons. The van der Waals surface area contributed by atoms with Crippen LogP contribution < -0.4 is 13.6 Å². The summed E-state index contributed by atoms with van der Waals surface area (Å²) in [6.07, 6.45) is 0. The average Bonchev–Trinajstić information content (AvgIpc) is 3.03. The van der Waals surface area contributed by atoms with Gasteiger partial charge in [-0.1, -0.05) is 182 Å². The summed E-state index contributed by atoms with van der Waals surface area (Å²) in [5, 5.41) is 4.84. The molecule has 4 heteroatoms. The molecular formula is C54H75O3P. The zero-order valence-electron chi connectivity index (χ0n) is 40.1. The van der Waals surface area contributed by atoms with Gasteiger partial charge in [-0.05, 0) is 124 Å². The Morgan fingerprint density at radius 3 is 1.02 bits per heavy atom. The van der Waals surface area contributed by atoms with Gasteiger partial charge in [0.25, 0.3) is 0 Å². The molecule has 0 aliphatic rings. The summed E-state index contributed by atoms with van der Waals surface area (Å²) in [5.41, 5.74) is 8.06. The second-order valence-corrected chi connectivity index (χ2v) is 25.0. The molecule has 0 aliphatic heterocycles. The van der Waals surface area contributed by atoms with Gasteiger partial charge >= 0.3 is 8.60 Å². The predicted molar refractivity (Wildman–Crippen MR) is 254 cm³/mol. The Bertz CT molecular complexity index is 2160. The second-order valence-electron chi connectivity index (χ2n) is 24.0. The van der Waals surface area contributed by atoms with E-state index in [1.165, 1.54) is 49.4 Å². The number of fused-ring (bicyclic) bond motifs is 2. The second kappa shape index (κ2) is 15.2. The largest absolute Gasteiger partial charge is 0.530 e. The topological polar surface area (TPSA) is 27.7 Å². The minimum Gasteiger partial charge on any atom is -0.408 e. The Morgan fingerprint density at radius 2 is 0.690 bits per heavy atom. The van der Waals surface area contributed by atoms with Crippen molar-refractivity contribution in [3.63, 3.8) is 0 Å². The van der Waals surface area contributed by atoms with Gasteiger partial charge in [0, 0.05) is 11.1 Å². The highest BCUT2D eigenvalue weighted by Crippen LogP contribution is 2.51. The molecule has 0 saturated carbocycles. The van der Waals surface area contributed by atoms with Crippen molar-refractivity contribution in [3.8, 4) is 17.2 Å². The van der Waals surface area contributed by atoms with Gasteiger partial charge in [-0.3, -0.25) is 0 Å². The van der Waals surface area contributed by atoms with Gasteiger partial charge in [0.15, 0.2) is 0 Å². The first kappa shape index (κ1) is 45.5. The highest BCUT2D eigenvalue weighted by molar-refractivity contribution is 7.43. The van der Waals surface area contributed by atoms with Crippen LogP contribution in [0.3, 0.4) is 0 Å². The minimum absolute atomic E-state index is 0.00857. The summed E-state index contributed by atoms with van der Waals surface area (Å²) in [7, 11) is -2.00. The van der Waals surface area contributed by atoms with Crippen LogP contribution in [0.5, 0.6) is 17.2 Å². The Hall–Kier alpha value is -3.55. The summed E-state index contributed by atoms with van der Waals surface area (Å²) in [4.78, 5) is 0. The highest BCUT2D eigenvalue weighted by Gasteiger charge is 2.32. The molecular weight excluding hydrogens is 728 g/mol. The van der Waals surface area contributed by atoms with Gasteiger partial charge in [0.1, 0.15) is 17.2 Å². The van der Waals surface area contributed by atoms with Crippen LogP contribution in [0.15, 0.2) is 72.8 Å². The standard InChI is InChI=1S/C54H75O3P/c1-48(2,3)36-23-22-24-39(29-36)55-58(56-46-32-40-34(27-44(46)53(16,17)18)25-37(49(4,5)6)30-42(40)51(10,11)12)57-47-33-41-35(28-45(47)54(19,20)21)26-38(50(7,8)9)31-43(41)52(13,14)15/h22-33H,1-21H3. The number of benzene rings is 5. The van der Waals surface area contributed by atoms with E-state index in [9.17, 15) is 0 Å². The van der Waals surface area contributed by atoms with Crippen molar-refractivity contribution in [2.75, 3.05) is 0 Å². The molecule has 0 atom stereocenters. The van der Waals surface area contributed by atoms with Crippen molar-refractivity contribution >= 4 is 30.1 Å². The third-order valence-corrected chi connectivity index (χ3v) is 12.3. The molecule has 5 aromatic rings. The maximum atomic E-state index is 7.24. The highest BCUT2D eigenvalue weighted by atomic mass is 31.2. The fraction of sp³-hybridized carbons (Fsp3) is 0.519. The van der Waals surface area contributed by atoms with Crippen LogP contribution in [-0.4, -0.2) is 0 Å². The maximum Gasteiger partial charge on any atom is 0.530 e. The summed E-state index contributed by atoms with van der Waals surface area (Å²) in [5.74, 6) is 2.30. The molecule has 0 saturated heterocycles. The maximum absolute atomic E-state index is 7.24. The van der Waals surface area contributed by atoms with Crippen LogP contribution in [0.4, 0.5) is 0 Å². The molecule has 0 fully saturated rings. The van der Waals surface area contributed by atoms with Gasteiger partial charge in [-0.15, -0.1) is 0 Å². The molecule has 0 aromatic heterocycles. The van der Waals surface area contributed by atoms with Crippen molar-refractivity contribution in [2.24, 2.45) is 0 Å². The molecule has 0 amide bonds. The third kappa shape index (κ3) is 10.2. The van der Waals surface area contributed by atoms with E-state index in [0.717, 1.165) is 28.4 Å². The SMILES string of the molecule is CC(C)(C)c1cccc(OP(Oc2cc3c(C(C)(C)C)cc(C(C)(C)C)cc3cc2C(C)(C)C)Oc2cc3c(C(C)(C)C)cc(C(C)(C)C)cc3cc2C(C)(C)C)c1. The Kier molecular flexibility index (Phi) is 11.9. The van der Waals surface area contributed by atoms with Crippen LogP contribution in [0.25, 0.3) is 21.5 Å². The molecule has 5 aromatic carbocycles. The Morgan fingerprint density at radius 1 is 0.328 bits per heavy atom. The van der Waals surface area contributed by atoms with E-state index >= 15 is 0 Å². The van der Waals surface area contributed by atoms with Gasteiger partial charge in [0.2, 0.25) is 0 Å². The molecule has 0 N–H and O–H groups in total. The molecule has 0 heterocycles. The average molecular weight is 803 g/mol. The van der Waals surface area contributed by atoms with Gasteiger partial charge in [-0.25, -0.2) is 0 Å². The predicted octanol–water partition coefficient (Wildman–Crippen LogP) is 16.8. The first-order chi connectivity index (χ1) is 26.1. The van der Waals surface area contributed by atoms with E-state index < -0.39 is 8.60 Å². The van der Waals surface area contributed by atoms with E-state index in [-0.39, 0.29) is 37.9 Å². The molecule has 0 spiro atoms. The van der Waals surface area contributed by atoms with Crippen LogP contribution in [0.2, 0.25) is 0 Å². The fourth-order valence-electron chi connectivity index (χ4n) is 7.54. The van der Waals surface area contributed by atoms with Crippen molar-refractivity contribution in [3.05, 3.63) is 112 Å². The lowest BCUT2D eigenvalue weighted by molar-refractivity contribution is 0.377. The first-order valence-electron chi connectivity index (χ1n) is 21.4. The molecule has 58 heavy (non-hydrogen) atoms. The van der Waals surface area contributed by atoms with E-state index in [1.54, 1.807) is 0 Å². The normalized spacial score (nSPS) is 13.8. The lowest BCUT2D eigenvalue weighted by Crippen LogP contribution is -2.19. The molecule has 0 radical (unpaired) electrons. The van der Waals surface area contributed by atoms with Crippen LogP contribution in [-0.2, 0) is 37.9 Å². The van der Waals surface area contributed by atoms with Crippen LogP contribution in [0, 0.1) is 0 Å². The first-order valence-corrected chi connectivity index (χ1v) is 22.4. The number of hydrogen-bond acceptors (Lipinski definition) is 3. The third-order valence-electron chi connectivity index (χ3n) is 11.3. The quantitative estimate of drug-likeness (QED) is 0.160. The summed E-state index contributed by atoms with van der Waals surface area (Å²) in [6, 6.07) is 27.2. The number of hydrogen-bond donors (Lipinski definition) is 0. The smallest absolute Gasteiger partial charge is 0.408 e. The lowest BCUT2D eigenvalue weighted by atomic mass is 9.76. The summed E-state index contributed by atoms with van der Waals surface area (Å²) < 4.78 is 21.4. The minimum atomic E-state index is -2.00. The van der Waals surface area contributed by atoms with Crippen molar-refractivity contribution in [1.82, 2.24) is 0 Å². The van der Waals surface area contributed by atoms with Crippen molar-refractivity contribution in [2.45, 2.75) is 183 Å². The molecule has 0 bridgehead atoms. The monoisotopic (exact) mass is 803 g/mol. The van der Waals surface area contributed by atoms with Gasteiger partial charge < -0.3 is 13.6 Å². The Balaban J connectivity index is 1.80. The molecule has 0 aliphatic carbocycles. The van der Waals surface area contributed by atoms with E-state index in [0.29, 0.717) is 0 Å². The lowest BCUT2D eigenvalue weighted by Gasteiger charge is -2.31. The van der Waals surface area contributed by atoms with E-state index in [4.69, 9.17) is 13.6 Å². The molecule has 5 rings (SSSR count). The Labute approximate surface area is 354 Å². The zero-order chi connectivity index (χ0) is 43.8. The van der Waals surface area contributed by atoms with E-state index in [2.05, 4.69) is 212 Å². The number of rotatable bonds is 6. The van der Waals surface area contributed by atoms with Crippen molar-refractivity contribution < 1.29 is 13.6 Å². The summed E-state index contributed by atoms with van der Waals surface area (Å²) >= 11 is 0. The van der Waals surface area contributed by atoms with E-state index in [1.807, 2.05) is 6.07 Å².